The summed E-state index contributed by atoms with van der Waals surface area (Å²) in [7, 11) is -3.84. The van der Waals surface area contributed by atoms with Crippen LogP contribution in [0.4, 0.5) is 5.69 Å². The molecule has 3 N–H and O–H groups in total. The van der Waals surface area contributed by atoms with Crippen LogP contribution in [0, 0.1) is 0 Å². The molecule has 30 heavy (non-hydrogen) atoms. The smallest absolute Gasteiger partial charge is 0.269 e. The van der Waals surface area contributed by atoms with Crippen molar-refractivity contribution in [3.63, 3.8) is 0 Å². The van der Waals surface area contributed by atoms with Gasteiger partial charge in [0.2, 0.25) is 0 Å². The summed E-state index contributed by atoms with van der Waals surface area (Å²) in [6.07, 6.45) is 0. The van der Waals surface area contributed by atoms with Crippen molar-refractivity contribution in [1.29, 1.82) is 0 Å². The second kappa shape index (κ2) is 9.17. The van der Waals surface area contributed by atoms with Crippen molar-refractivity contribution in [2.24, 2.45) is 0 Å². The first-order valence-corrected chi connectivity index (χ1v) is 10.7. The third-order valence-corrected chi connectivity index (χ3v) is 5.82. The first kappa shape index (κ1) is 21.6. The molecule has 10 heteroatoms. The molecule has 2 amide bonds. The lowest BCUT2D eigenvalue weighted by Gasteiger charge is -2.10. The monoisotopic (exact) mass is 463 g/mol. The lowest BCUT2D eigenvalue weighted by atomic mass is 10.2. The standard InChI is InChI=1S/C20H15Cl2N3O4S/c21-15-5-1-13(2-6-15)19(26)23-24-20(27)14-3-11-18(12-4-14)30(28,29)25-17-9-7-16(22)8-10-17/h1-12,25H,(H,23,26)(H,24,27). The lowest BCUT2D eigenvalue weighted by Crippen LogP contribution is -2.41. The minimum atomic E-state index is -3.84. The second-order valence-corrected chi connectivity index (χ2v) is 8.61. The fourth-order valence-corrected chi connectivity index (χ4v) is 3.69. The maximum absolute atomic E-state index is 12.5. The van der Waals surface area contributed by atoms with E-state index in [0.29, 0.717) is 21.3 Å². The van der Waals surface area contributed by atoms with E-state index in [4.69, 9.17) is 23.2 Å². The van der Waals surface area contributed by atoms with Gasteiger partial charge in [-0.3, -0.25) is 25.2 Å². The summed E-state index contributed by atoms with van der Waals surface area (Å²) < 4.78 is 27.3. The first-order chi connectivity index (χ1) is 14.2. The molecule has 3 aromatic carbocycles. The summed E-state index contributed by atoms with van der Waals surface area (Å²) >= 11 is 11.6. The number of benzene rings is 3. The van der Waals surface area contributed by atoms with Crippen LogP contribution in [0.5, 0.6) is 0 Å². The molecule has 0 unspecified atom stereocenters. The van der Waals surface area contributed by atoms with Crippen LogP contribution in [0.2, 0.25) is 10.0 Å². The maximum atomic E-state index is 12.5. The Hall–Kier alpha value is -3.07. The van der Waals surface area contributed by atoms with E-state index in [9.17, 15) is 18.0 Å². The number of amides is 2. The third-order valence-electron chi connectivity index (χ3n) is 3.92. The molecule has 0 fully saturated rings. The van der Waals surface area contributed by atoms with E-state index in [1.54, 1.807) is 24.3 Å². The predicted molar refractivity (Wildman–Crippen MR) is 115 cm³/mol. The molecule has 0 aliphatic rings. The van der Waals surface area contributed by atoms with Crippen molar-refractivity contribution in [2.75, 3.05) is 4.72 Å². The summed E-state index contributed by atoms with van der Waals surface area (Å²) in [5, 5.41) is 0.965. The average Bonchev–Trinajstić information content (AvgIpc) is 2.74. The first-order valence-electron chi connectivity index (χ1n) is 8.49. The normalized spacial score (nSPS) is 10.9. The minimum absolute atomic E-state index is 0.0285. The van der Waals surface area contributed by atoms with Gasteiger partial charge in [0.1, 0.15) is 0 Å². The van der Waals surface area contributed by atoms with Crippen LogP contribution in [-0.2, 0) is 10.0 Å². The predicted octanol–water partition coefficient (Wildman–Crippen LogP) is 3.87. The largest absolute Gasteiger partial charge is 0.280 e. The second-order valence-electron chi connectivity index (χ2n) is 6.05. The van der Waals surface area contributed by atoms with Crippen LogP contribution in [0.3, 0.4) is 0 Å². The topological polar surface area (TPSA) is 104 Å². The fraction of sp³-hybridized carbons (Fsp3) is 0. The highest BCUT2D eigenvalue weighted by Crippen LogP contribution is 2.19. The number of hydrogen-bond acceptors (Lipinski definition) is 4. The van der Waals surface area contributed by atoms with E-state index >= 15 is 0 Å². The molecule has 3 rings (SSSR count). The molecule has 0 saturated carbocycles. The number of sulfonamides is 1. The molecule has 0 atom stereocenters. The summed E-state index contributed by atoms with van der Waals surface area (Å²) in [5.74, 6) is -1.13. The summed E-state index contributed by atoms with van der Waals surface area (Å²) in [6, 6.07) is 17.6. The molecular formula is C20H15Cl2N3O4S. The Balaban J connectivity index is 1.62. The van der Waals surface area contributed by atoms with Crippen molar-refractivity contribution in [2.45, 2.75) is 4.90 Å². The highest BCUT2D eigenvalue weighted by molar-refractivity contribution is 7.92. The van der Waals surface area contributed by atoms with Gasteiger partial charge >= 0.3 is 0 Å². The highest BCUT2D eigenvalue weighted by Gasteiger charge is 2.16. The molecule has 0 saturated heterocycles. The number of carbonyl (C=O) groups is 2. The fourth-order valence-electron chi connectivity index (χ4n) is 2.38. The van der Waals surface area contributed by atoms with Crippen molar-refractivity contribution >= 4 is 50.7 Å². The zero-order valence-electron chi connectivity index (χ0n) is 15.2. The Morgan fingerprint density at radius 2 is 1.03 bits per heavy atom. The van der Waals surface area contributed by atoms with Crippen molar-refractivity contribution in [3.05, 3.63) is 94.0 Å². The van der Waals surface area contributed by atoms with Crippen LogP contribution in [0.15, 0.2) is 77.7 Å². The molecule has 0 aliphatic heterocycles. The van der Waals surface area contributed by atoms with E-state index in [1.165, 1.54) is 48.5 Å². The molecule has 0 heterocycles. The molecule has 0 aliphatic carbocycles. The highest BCUT2D eigenvalue weighted by atomic mass is 35.5. The van der Waals surface area contributed by atoms with Crippen molar-refractivity contribution in [3.8, 4) is 0 Å². The number of anilines is 1. The Kier molecular flexibility index (Phi) is 6.61. The molecule has 3 aromatic rings. The third kappa shape index (κ3) is 5.50. The number of hydrazine groups is 1. The van der Waals surface area contributed by atoms with Crippen LogP contribution in [-0.4, -0.2) is 20.2 Å². The van der Waals surface area contributed by atoms with Crippen LogP contribution in [0.25, 0.3) is 0 Å². The molecular weight excluding hydrogens is 449 g/mol. The number of rotatable bonds is 5. The van der Waals surface area contributed by atoms with Gasteiger partial charge in [0.15, 0.2) is 0 Å². The van der Waals surface area contributed by atoms with Crippen LogP contribution in [0.1, 0.15) is 20.7 Å². The average molecular weight is 464 g/mol. The van der Waals surface area contributed by atoms with E-state index in [0.717, 1.165) is 0 Å². The summed E-state index contributed by atoms with van der Waals surface area (Å²) in [4.78, 5) is 24.2. The molecule has 0 bridgehead atoms. The van der Waals surface area contributed by atoms with E-state index in [2.05, 4.69) is 15.6 Å². The number of carbonyl (C=O) groups excluding carboxylic acids is 2. The van der Waals surface area contributed by atoms with Gasteiger partial charge in [-0.15, -0.1) is 0 Å². The van der Waals surface area contributed by atoms with Gasteiger partial charge < -0.3 is 0 Å². The molecule has 154 valence electrons. The zero-order valence-corrected chi connectivity index (χ0v) is 17.6. The van der Waals surface area contributed by atoms with Crippen LogP contribution >= 0.6 is 23.2 Å². The van der Waals surface area contributed by atoms with E-state index in [-0.39, 0.29) is 10.5 Å². The van der Waals surface area contributed by atoms with Crippen molar-refractivity contribution < 1.29 is 18.0 Å². The van der Waals surface area contributed by atoms with E-state index in [1.807, 2.05) is 0 Å². The Morgan fingerprint density at radius 1 is 0.633 bits per heavy atom. The van der Waals surface area contributed by atoms with Gasteiger partial charge in [0, 0.05) is 26.9 Å². The van der Waals surface area contributed by atoms with Gasteiger partial charge in [-0.05, 0) is 72.8 Å². The molecule has 0 radical (unpaired) electrons. The van der Waals surface area contributed by atoms with Gasteiger partial charge in [0.25, 0.3) is 21.8 Å². The zero-order chi connectivity index (χ0) is 21.7. The van der Waals surface area contributed by atoms with Gasteiger partial charge in [0.05, 0.1) is 4.90 Å². The van der Waals surface area contributed by atoms with E-state index < -0.39 is 21.8 Å². The lowest BCUT2D eigenvalue weighted by molar-refractivity contribution is 0.0846. The van der Waals surface area contributed by atoms with Crippen molar-refractivity contribution in [1.82, 2.24) is 10.9 Å². The number of halogens is 2. The maximum Gasteiger partial charge on any atom is 0.269 e. The molecule has 7 nitrogen and oxygen atoms in total. The summed E-state index contributed by atoms with van der Waals surface area (Å²) in [5.41, 5.74) is 5.37. The minimum Gasteiger partial charge on any atom is -0.280 e. The van der Waals surface area contributed by atoms with Crippen LogP contribution < -0.4 is 15.6 Å². The Bertz CT molecular complexity index is 1160. The SMILES string of the molecule is O=C(NNC(=O)c1ccc(S(=O)(=O)Nc2ccc(Cl)cc2)cc1)c1ccc(Cl)cc1. The quantitative estimate of drug-likeness (QED) is 0.499. The number of nitrogens with one attached hydrogen (secondary N) is 3. The molecule has 0 aromatic heterocycles. The molecule has 0 spiro atoms. The Morgan fingerprint density at radius 3 is 1.50 bits per heavy atom. The van der Waals surface area contributed by atoms with Gasteiger partial charge in [-0.25, -0.2) is 8.42 Å². The van der Waals surface area contributed by atoms with Gasteiger partial charge in [-0.2, -0.15) is 0 Å². The summed E-state index contributed by atoms with van der Waals surface area (Å²) in [6.45, 7) is 0. The Labute approximate surface area is 183 Å². The van der Waals surface area contributed by atoms with Gasteiger partial charge in [-0.1, -0.05) is 23.2 Å². The number of hydrogen-bond donors (Lipinski definition) is 3.